The minimum atomic E-state index is -0.0803. The molecule has 0 radical (unpaired) electrons. The molecular weight excluding hydrogens is 274 g/mol. The monoisotopic (exact) mass is 289 g/mol. The highest BCUT2D eigenvalue weighted by Gasteiger charge is 2.27. The van der Waals surface area contributed by atoms with Crippen LogP contribution < -0.4 is 15.2 Å². The maximum Gasteiger partial charge on any atom is 0.128 e. The van der Waals surface area contributed by atoms with E-state index in [4.69, 9.17) is 26.8 Å². The second kappa shape index (κ2) is 5.35. The third-order valence-electron chi connectivity index (χ3n) is 3.58. The van der Waals surface area contributed by atoms with Crippen molar-refractivity contribution in [2.75, 3.05) is 7.11 Å². The SMILES string of the molecule is COc1ccc2c(c1)OC(c1cccc(Cl)c1)C[C@@H]2N. The topological polar surface area (TPSA) is 44.5 Å². The summed E-state index contributed by atoms with van der Waals surface area (Å²) in [6.45, 7) is 0. The minimum Gasteiger partial charge on any atom is -0.497 e. The molecule has 2 aromatic rings. The summed E-state index contributed by atoms with van der Waals surface area (Å²) in [6.07, 6.45) is 0.656. The Morgan fingerprint density at radius 2 is 2.10 bits per heavy atom. The molecule has 0 saturated carbocycles. The van der Waals surface area contributed by atoms with Gasteiger partial charge in [-0.3, -0.25) is 0 Å². The molecule has 0 aliphatic carbocycles. The zero-order chi connectivity index (χ0) is 14.1. The molecule has 1 aliphatic rings. The molecule has 0 spiro atoms. The first kappa shape index (κ1) is 13.3. The summed E-state index contributed by atoms with van der Waals surface area (Å²) in [4.78, 5) is 0. The normalized spacial score (nSPS) is 20.9. The van der Waals surface area contributed by atoms with Gasteiger partial charge in [0.2, 0.25) is 0 Å². The zero-order valence-corrected chi connectivity index (χ0v) is 11.9. The number of rotatable bonds is 2. The Kier molecular flexibility index (Phi) is 3.55. The lowest BCUT2D eigenvalue weighted by Crippen LogP contribution is -2.24. The molecule has 3 nitrogen and oxygen atoms in total. The first-order valence-corrected chi connectivity index (χ1v) is 6.91. The molecule has 1 aliphatic heterocycles. The molecule has 20 heavy (non-hydrogen) atoms. The van der Waals surface area contributed by atoms with Crippen molar-refractivity contribution in [3.63, 3.8) is 0 Å². The maximum atomic E-state index is 6.25. The molecule has 1 unspecified atom stereocenters. The van der Waals surface area contributed by atoms with Crippen LogP contribution in [0.15, 0.2) is 42.5 Å². The second-order valence-electron chi connectivity index (χ2n) is 4.91. The molecule has 0 saturated heterocycles. The van der Waals surface area contributed by atoms with Crippen LogP contribution in [0.1, 0.15) is 29.7 Å². The van der Waals surface area contributed by atoms with E-state index in [-0.39, 0.29) is 12.1 Å². The van der Waals surface area contributed by atoms with Crippen LogP contribution in [0.2, 0.25) is 5.02 Å². The average molecular weight is 290 g/mol. The standard InChI is InChI=1S/C16H16ClNO2/c1-19-12-5-6-13-14(18)9-15(20-16(13)8-12)10-3-2-4-11(17)7-10/h2-8,14-15H,9,18H2,1H3/t14-,15?/m0/s1. The van der Waals surface area contributed by atoms with Gasteiger partial charge in [0.25, 0.3) is 0 Å². The molecule has 2 aromatic carbocycles. The van der Waals surface area contributed by atoms with E-state index in [1.165, 1.54) is 0 Å². The van der Waals surface area contributed by atoms with Crippen molar-refractivity contribution in [3.8, 4) is 11.5 Å². The Balaban J connectivity index is 1.95. The molecule has 2 atom stereocenters. The molecular formula is C16H16ClNO2. The highest BCUT2D eigenvalue weighted by Crippen LogP contribution is 2.41. The van der Waals surface area contributed by atoms with Crippen molar-refractivity contribution in [1.29, 1.82) is 0 Å². The lowest BCUT2D eigenvalue weighted by molar-refractivity contribution is 0.161. The third kappa shape index (κ3) is 2.47. The smallest absolute Gasteiger partial charge is 0.128 e. The lowest BCUT2D eigenvalue weighted by Gasteiger charge is -2.30. The molecule has 1 heterocycles. The summed E-state index contributed by atoms with van der Waals surface area (Å²) in [6, 6.07) is 13.4. The van der Waals surface area contributed by atoms with Gasteiger partial charge in [0, 0.05) is 29.1 Å². The number of fused-ring (bicyclic) bond motifs is 1. The van der Waals surface area contributed by atoms with Gasteiger partial charge in [-0.1, -0.05) is 29.8 Å². The van der Waals surface area contributed by atoms with E-state index in [2.05, 4.69) is 0 Å². The van der Waals surface area contributed by atoms with Gasteiger partial charge >= 0.3 is 0 Å². The Morgan fingerprint density at radius 1 is 1.25 bits per heavy atom. The van der Waals surface area contributed by atoms with Gasteiger partial charge in [0.15, 0.2) is 0 Å². The largest absolute Gasteiger partial charge is 0.497 e. The predicted octanol–water partition coefficient (Wildman–Crippen LogP) is 3.87. The van der Waals surface area contributed by atoms with E-state index >= 15 is 0 Å². The molecule has 0 aromatic heterocycles. The van der Waals surface area contributed by atoms with Crippen LogP contribution in [0, 0.1) is 0 Å². The second-order valence-corrected chi connectivity index (χ2v) is 5.34. The van der Waals surface area contributed by atoms with E-state index in [9.17, 15) is 0 Å². The molecule has 4 heteroatoms. The minimum absolute atomic E-state index is 0.0476. The van der Waals surface area contributed by atoms with Crippen molar-refractivity contribution >= 4 is 11.6 Å². The van der Waals surface area contributed by atoms with Crippen LogP contribution in [0.3, 0.4) is 0 Å². The van der Waals surface area contributed by atoms with E-state index < -0.39 is 0 Å². The third-order valence-corrected chi connectivity index (χ3v) is 3.81. The summed E-state index contributed by atoms with van der Waals surface area (Å²) in [5.74, 6) is 1.55. The fraction of sp³-hybridized carbons (Fsp3) is 0.250. The predicted molar refractivity (Wildman–Crippen MR) is 79.4 cm³/mol. The quantitative estimate of drug-likeness (QED) is 0.913. The van der Waals surface area contributed by atoms with Crippen molar-refractivity contribution in [2.24, 2.45) is 5.73 Å². The highest BCUT2D eigenvalue weighted by atomic mass is 35.5. The van der Waals surface area contributed by atoms with Crippen LogP contribution in [0.25, 0.3) is 0 Å². The number of halogens is 1. The van der Waals surface area contributed by atoms with Gasteiger partial charge in [-0.15, -0.1) is 0 Å². The first-order valence-electron chi connectivity index (χ1n) is 6.53. The summed E-state index contributed by atoms with van der Waals surface area (Å²) in [5.41, 5.74) is 8.31. The number of hydrogen-bond donors (Lipinski definition) is 1. The van der Waals surface area contributed by atoms with Gasteiger partial charge in [0.1, 0.15) is 17.6 Å². The number of nitrogens with two attached hydrogens (primary N) is 1. The Bertz CT molecular complexity index is 630. The average Bonchev–Trinajstić information content (AvgIpc) is 2.46. The van der Waals surface area contributed by atoms with Crippen LogP contribution >= 0.6 is 11.6 Å². The van der Waals surface area contributed by atoms with Crippen LogP contribution in [0.4, 0.5) is 0 Å². The molecule has 0 fully saturated rings. The van der Waals surface area contributed by atoms with Crippen molar-refractivity contribution in [2.45, 2.75) is 18.6 Å². The lowest BCUT2D eigenvalue weighted by atomic mass is 9.93. The van der Waals surface area contributed by atoms with Gasteiger partial charge in [-0.05, 0) is 23.8 Å². The van der Waals surface area contributed by atoms with Crippen molar-refractivity contribution < 1.29 is 9.47 Å². The molecule has 2 N–H and O–H groups in total. The van der Waals surface area contributed by atoms with E-state index in [1.54, 1.807) is 7.11 Å². The van der Waals surface area contributed by atoms with Gasteiger partial charge in [-0.25, -0.2) is 0 Å². The Morgan fingerprint density at radius 3 is 2.85 bits per heavy atom. The van der Waals surface area contributed by atoms with Crippen molar-refractivity contribution in [3.05, 3.63) is 58.6 Å². The van der Waals surface area contributed by atoms with Crippen LogP contribution in [-0.4, -0.2) is 7.11 Å². The number of methoxy groups -OCH3 is 1. The fourth-order valence-corrected chi connectivity index (χ4v) is 2.72. The summed E-state index contributed by atoms with van der Waals surface area (Å²) >= 11 is 6.04. The summed E-state index contributed by atoms with van der Waals surface area (Å²) < 4.78 is 11.3. The molecule has 104 valence electrons. The Labute approximate surface area is 123 Å². The number of benzene rings is 2. The first-order chi connectivity index (χ1) is 9.67. The summed E-state index contributed by atoms with van der Waals surface area (Å²) in [5, 5.41) is 0.705. The van der Waals surface area contributed by atoms with E-state index in [0.29, 0.717) is 5.02 Å². The molecule has 0 amide bonds. The molecule has 0 bridgehead atoms. The van der Waals surface area contributed by atoms with Gasteiger partial charge < -0.3 is 15.2 Å². The maximum absolute atomic E-state index is 6.25. The highest BCUT2D eigenvalue weighted by molar-refractivity contribution is 6.30. The van der Waals surface area contributed by atoms with Gasteiger partial charge in [-0.2, -0.15) is 0 Å². The fourth-order valence-electron chi connectivity index (χ4n) is 2.52. The summed E-state index contributed by atoms with van der Waals surface area (Å²) in [7, 11) is 1.64. The number of ether oxygens (including phenoxy) is 2. The van der Waals surface area contributed by atoms with E-state index in [1.807, 2.05) is 42.5 Å². The van der Waals surface area contributed by atoms with Crippen LogP contribution in [-0.2, 0) is 0 Å². The molecule has 3 rings (SSSR count). The Hall–Kier alpha value is -1.71. The number of hydrogen-bond acceptors (Lipinski definition) is 3. The zero-order valence-electron chi connectivity index (χ0n) is 11.2. The van der Waals surface area contributed by atoms with Crippen LogP contribution in [0.5, 0.6) is 11.5 Å². The van der Waals surface area contributed by atoms with Crippen molar-refractivity contribution in [1.82, 2.24) is 0 Å². The van der Waals surface area contributed by atoms with E-state index in [0.717, 1.165) is 29.0 Å². The van der Waals surface area contributed by atoms with Gasteiger partial charge in [0.05, 0.1) is 7.11 Å².